The number of hydrogen-bond donors (Lipinski definition) is 2. The zero-order chi connectivity index (χ0) is 13.2. The molecule has 7 heteroatoms. The van der Waals surface area contributed by atoms with E-state index in [1.807, 2.05) is 0 Å². The lowest BCUT2D eigenvalue weighted by Crippen LogP contribution is -2.23. The molecule has 0 aliphatic carbocycles. The van der Waals surface area contributed by atoms with Gasteiger partial charge in [-0.15, -0.1) is 13.2 Å². The second-order valence-corrected chi connectivity index (χ2v) is 3.91. The first kappa shape index (κ1) is 14.1. The minimum atomic E-state index is -4.79. The van der Waals surface area contributed by atoms with E-state index < -0.39 is 24.3 Å². The van der Waals surface area contributed by atoms with E-state index >= 15 is 0 Å². The van der Waals surface area contributed by atoms with E-state index in [1.165, 1.54) is 19.1 Å². The Morgan fingerprint density at radius 2 is 2.00 bits per heavy atom. The summed E-state index contributed by atoms with van der Waals surface area (Å²) in [5, 5.41) is 9.03. The standard InChI is InChI=1S/C10H11ClF3NO2/c1-5(16)9(15)6-2-3-8(7(11)4-6)17-10(12,13)14/h2-5,9,16H,15H2,1H3/t5-,9-/m1/s1. The largest absolute Gasteiger partial charge is 0.573 e. The summed E-state index contributed by atoms with van der Waals surface area (Å²) < 4.78 is 39.6. The van der Waals surface area contributed by atoms with Crippen LogP contribution in [0.15, 0.2) is 18.2 Å². The number of alkyl halides is 3. The molecule has 17 heavy (non-hydrogen) atoms. The number of halogens is 4. The Hall–Kier alpha value is -0.980. The van der Waals surface area contributed by atoms with E-state index in [-0.39, 0.29) is 5.02 Å². The first-order valence-corrected chi connectivity index (χ1v) is 5.07. The predicted octanol–water partition coefficient (Wildman–Crippen LogP) is 2.62. The van der Waals surface area contributed by atoms with Crippen molar-refractivity contribution in [2.24, 2.45) is 5.73 Å². The van der Waals surface area contributed by atoms with Crippen LogP contribution in [-0.4, -0.2) is 17.6 Å². The third-order valence-corrected chi connectivity index (χ3v) is 2.38. The van der Waals surface area contributed by atoms with Crippen molar-refractivity contribution >= 4 is 11.6 Å². The molecule has 0 heterocycles. The Balaban J connectivity index is 2.94. The highest BCUT2D eigenvalue weighted by molar-refractivity contribution is 6.32. The zero-order valence-corrected chi connectivity index (χ0v) is 9.59. The molecule has 0 aliphatic rings. The zero-order valence-electron chi connectivity index (χ0n) is 8.83. The Morgan fingerprint density at radius 1 is 1.41 bits per heavy atom. The van der Waals surface area contributed by atoms with Crippen molar-refractivity contribution in [3.63, 3.8) is 0 Å². The predicted molar refractivity (Wildman–Crippen MR) is 56.7 cm³/mol. The highest BCUT2D eigenvalue weighted by Gasteiger charge is 2.32. The van der Waals surface area contributed by atoms with E-state index in [0.717, 1.165) is 6.07 Å². The fourth-order valence-electron chi connectivity index (χ4n) is 1.21. The average molecular weight is 270 g/mol. The van der Waals surface area contributed by atoms with Gasteiger partial charge in [-0.2, -0.15) is 0 Å². The van der Waals surface area contributed by atoms with Crippen molar-refractivity contribution in [3.05, 3.63) is 28.8 Å². The molecule has 0 bridgehead atoms. The Kier molecular flexibility index (Phi) is 4.24. The van der Waals surface area contributed by atoms with Crippen LogP contribution in [0.2, 0.25) is 5.02 Å². The molecular formula is C10H11ClF3NO2. The van der Waals surface area contributed by atoms with E-state index in [9.17, 15) is 18.3 Å². The van der Waals surface area contributed by atoms with Crippen molar-refractivity contribution < 1.29 is 23.0 Å². The van der Waals surface area contributed by atoms with Gasteiger partial charge in [-0.3, -0.25) is 0 Å². The Morgan fingerprint density at radius 3 is 2.41 bits per heavy atom. The summed E-state index contributed by atoms with van der Waals surface area (Å²) in [4.78, 5) is 0. The van der Waals surface area contributed by atoms with Gasteiger partial charge in [0.2, 0.25) is 0 Å². The second-order valence-electron chi connectivity index (χ2n) is 3.50. The Bertz CT molecular complexity index is 396. The van der Waals surface area contributed by atoms with Gasteiger partial charge in [-0.1, -0.05) is 17.7 Å². The molecule has 0 fully saturated rings. The van der Waals surface area contributed by atoms with Crippen molar-refractivity contribution in [3.8, 4) is 5.75 Å². The lowest BCUT2D eigenvalue weighted by Gasteiger charge is -2.17. The van der Waals surface area contributed by atoms with Gasteiger partial charge >= 0.3 is 6.36 Å². The van der Waals surface area contributed by atoms with Crippen LogP contribution < -0.4 is 10.5 Å². The molecular weight excluding hydrogens is 259 g/mol. The van der Waals surface area contributed by atoms with E-state index in [2.05, 4.69) is 4.74 Å². The maximum atomic E-state index is 12.0. The molecule has 0 saturated heterocycles. The van der Waals surface area contributed by atoms with Gasteiger partial charge in [0.25, 0.3) is 0 Å². The summed E-state index contributed by atoms with van der Waals surface area (Å²) >= 11 is 5.62. The van der Waals surface area contributed by atoms with Gasteiger partial charge < -0.3 is 15.6 Å². The van der Waals surface area contributed by atoms with E-state index in [1.54, 1.807) is 0 Å². The lowest BCUT2D eigenvalue weighted by atomic mass is 10.0. The Labute approximate surface area is 101 Å². The molecule has 0 aliphatic heterocycles. The molecule has 0 aromatic heterocycles. The van der Waals surface area contributed by atoms with Gasteiger partial charge in [0.1, 0.15) is 5.75 Å². The molecule has 0 saturated carbocycles. The van der Waals surface area contributed by atoms with Crippen LogP contribution in [0.4, 0.5) is 13.2 Å². The van der Waals surface area contributed by atoms with E-state index in [0.29, 0.717) is 5.56 Å². The average Bonchev–Trinajstić information content (AvgIpc) is 2.18. The SMILES string of the molecule is C[C@@H](O)[C@@H](N)c1ccc(OC(F)(F)F)c(Cl)c1. The summed E-state index contributed by atoms with van der Waals surface area (Å²) in [5.74, 6) is -0.499. The van der Waals surface area contributed by atoms with Crippen LogP contribution in [-0.2, 0) is 0 Å². The minimum absolute atomic E-state index is 0.212. The maximum absolute atomic E-state index is 12.0. The number of rotatable bonds is 3. The molecule has 0 unspecified atom stereocenters. The van der Waals surface area contributed by atoms with E-state index in [4.69, 9.17) is 17.3 Å². The molecule has 1 aromatic carbocycles. The van der Waals surface area contributed by atoms with Crippen molar-refractivity contribution in [2.45, 2.75) is 25.4 Å². The normalized spacial score (nSPS) is 15.5. The highest BCUT2D eigenvalue weighted by atomic mass is 35.5. The summed E-state index contributed by atoms with van der Waals surface area (Å²) in [6.45, 7) is 1.47. The lowest BCUT2D eigenvalue weighted by molar-refractivity contribution is -0.274. The van der Waals surface area contributed by atoms with Crippen molar-refractivity contribution in [2.75, 3.05) is 0 Å². The van der Waals surface area contributed by atoms with Crippen LogP contribution in [0.1, 0.15) is 18.5 Å². The molecule has 0 amide bonds. The monoisotopic (exact) mass is 269 g/mol. The molecule has 0 spiro atoms. The highest BCUT2D eigenvalue weighted by Crippen LogP contribution is 2.32. The fraction of sp³-hybridized carbons (Fsp3) is 0.400. The molecule has 3 nitrogen and oxygen atoms in total. The number of hydrogen-bond acceptors (Lipinski definition) is 3. The summed E-state index contributed by atoms with van der Waals surface area (Å²) in [6, 6.07) is 2.91. The molecule has 2 atom stereocenters. The molecule has 3 N–H and O–H groups in total. The van der Waals surface area contributed by atoms with Gasteiger partial charge in [0.05, 0.1) is 17.2 Å². The number of nitrogens with two attached hydrogens (primary N) is 1. The van der Waals surface area contributed by atoms with Crippen LogP contribution in [0.3, 0.4) is 0 Å². The molecule has 1 rings (SSSR count). The van der Waals surface area contributed by atoms with Gasteiger partial charge in [-0.25, -0.2) is 0 Å². The number of benzene rings is 1. The third-order valence-electron chi connectivity index (χ3n) is 2.09. The van der Waals surface area contributed by atoms with Gasteiger partial charge in [0, 0.05) is 0 Å². The van der Waals surface area contributed by atoms with Crippen LogP contribution in [0.5, 0.6) is 5.75 Å². The first-order valence-electron chi connectivity index (χ1n) is 4.69. The molecule has 0 radical (unpaired) electrons. The smallest absolute Gasteiger partial charge is 0.404 e. The summed E-state index contributed by atoms with van der Waals surface area (Å²) in [6.07, 6.45) is -5.63. The molecule has 96 valence electrons. The van der Waals surface area contributed by atoms with Crippen LogP contribution in [0, 0.1) is 0 Å². The van der Waals surface area contributed by atoms with Gasteiger partial charge in [0.15, 0.2) is 0 Å². The van der Waals surface area contributed by atoms with Gasteiger partial charge in [-0.05, 0) is 24.6 Å². The molecule has 1 aromatic rings. The van der Waals surface area contributed by atoms with Crippen molar-refractivity contribution in [1.82, 2.24) is 0 Å². The third kappa shape index (κ3) is 4.07. The maximum Gasteiger partial charge on any atom is 0.573 e. The number of aliphatic hydroxyl groups is 1. The second kappa shape index (κ2) is 5.12. The summed E-state index contributed by atoms with van der Waals surface area (Å²) in [7, 11) is 0. The summed E-state index contributed by atoms with van der Waals surface area (Å²) in [5.41, 5.74) is 6.04. The van der Waals surface area contributed by atoms with Crippen LogP contribution >= 0.6 is 11.6 Å². The van der Waals surface area contributed by atoms with Crippen LogP contribution in [0.25, 0.3) is 0 Å². The number of aliphatic hydroxyl groups excluding tert-OH is 1. The quantitative estimate of drug-likeness (QED) is 0.887. The first-order chi connectivity index (χ1) is 7.70. The number of ether oxygens (including phenoxy) is 1. The topological polar surface area (TPSA) is 55.5 Å². The fourth-order valence-corrected chi connectivity index (χ4v) is 1.44. The van der Waals surface area contributed by atoms with Crippen molar-refractivity contribution in [1.29, 1.82) is 0 Å². The minimum Gasteiger partial charge on any atom is -0.404 e.